The molecule has 1 aromatic rings. The third-order valence-electron chi connectivity index (χ3n) is 3.73. The molecule has 0 heterocycles. The summed E-state index contributed by atoms with van der Waals surface area (Å²) in [6.45, 7) is 4.36. The molecule has 0 spiro atoms. The van der Waals surface area contributed by atoms with Crippen LogP contribution < -0.4 is 20.1 Å². The number of ether oxygens (including phenoxy) is 2. The van der Waals surface area contributed by atoms with Crippen LogP contribution in [0.4, 0.5) is 11.4 Å². The van der Waals surface area contributed by atoms with Crippen LogP contribution in [0, 0.1) is 5.92 Å². The lowest BCUT2D eigenvalue weighted by atomic mass is 10.2. The molecule has 1 aliphatic carbocycles. The number of carbonyl (C=O) groups is 3. The highest BCUT2D eigenvalue weighted by Crippen LogP contribution is 2.38. The van der Waals surface area contributed by atoms with Gasteiger partial charge in [0.15, 0.2) is 0 Å². The quantitative estimate of drug-likeness (QED) is 0.588. The molecule has 0 bridgehead atoms. The van der Waals surface area contributed by atoms with Crippen molar-refractivity contribution < 1.29 is 29.0 Å². The summed E-state index contributed by atoms with van der Waals surface area (Å²) in [7, 11) is 0. The van der Waals surface area contributed by atoms with Gasteiger partial charge in [-0.25, -0.2) is 0 Å². The first-order chi connectivity index (χ1) is 12.4. The molecule has 1 fully saturated rings. The van der Waals surface area contributed by atoms with Crippen LogP contribution in [0.15, 0.2) is 12.1 Å². The largest absolute Gasteiger partial charge is 0.492 e. The van der Waals surface area contributed by atoms with Gasteiger partial charge >= 0.3 is 5.97 Å². The lowest BCUT2D eigenvalue weighted by molar-refractivity contribution is -0.138. The molecule has 1 aliphatic rings. The molecule has 0 radical (unpaired) electrons. The van der Waals surface area contributed by atoms with Crippen molar-refractivity contribution >= 4 is 29.2 Å². The van der Waals surface area contributed by atoms with Gasteiger partial charge in [-0.3, -0.25) is 14.4 Å². The highest BCUT2D eigenvalue weighted by molar-refractivity contribution is 5.98. The fraction of sp³-hybridized carbons (Fsp3) is 0.500. The van der Waals surface area contributed by atoms with Crippen molar-refractivity contribution in [3.8, 4) is 11.5 Å². The summed E-state index contributed by atoms with van der Waals surface area (Å²) in [5.74, 6) is -0.713. The average molecular weight is 364 g/mol. The van der Waals surface area contributed by atoms with Gasteiger partial charge in [0.2, 0.25) is 11.8 Å². The fourth-order valence-corrected chi connectivity index (χ4v) is 2.32. The molecule has 1 saturated carbocycles. The van der Waals surface area contributed by atoms with E-state index in [1.165, 1.54) is 0 Å². The molecule has 1 aromatic carbocycles. The number of nitrogens with one attached hydrogen (secondary N) is 2. The van der Waals surface area contributed by atoms with E-state index in [-0.39, 0.29) is 24.7 Å². The zero-order valence-electron chi connectivity index (χ0n) is 15.0. The summed E-state index contributed by atoms with van der Waals surface area (Å²) in [6, 6.07) is 3.19. The Hall–Kier alpha value is -2.77. The van der Waals surface area contributed by atoms with Crippen LogP contribution in [0.3, 0.4) is 0 Å². The molecule has 26 heavy (non-hydrogen) atoms. The number of carbonyl (C=O) groups excluding carboxylic acids is 2. The first-order valence-electron chi connectivity index (χ1n) is 8.70. The topological polar surface area (TPSA) is 114 Å². The second-order valence-corrected chi connectivity index (χ2v) is 5.92. The predicted molar refractivity (Wildman–Crippen MR) is 95.6 cm³/mol. The number of rotatable bonds is 10. The summed E-state index contributed by atoms with van der Waals surface area (Å²) < 4.78 is 11.1. The van der Waals surface area contributed by atoms with Crippen molar-refractivity contribution in [1.82, 2.24) is 0 Å². The van der Waals surface area contributed by atoms with E-state index in [4.69, 9.17) is 14.6 Å². The number of hydrogen-bond donors (Lipinski definition) is 3. The van der Waals surface area contributed by atoms with Gasteiger partial charge in [-0.05, 0) is 26.7 Å². The molecule has 0 atom stereocenters. The SMILES string of the molecule is CCOc1cc(NC(=O)C2CC2)c(OCC)cc1NC(=O)CCC(=O)O. The Morgan fingerprint density at radius 2 is 1.54 bits per heavy atom. The number of carboxylic acids is 1. The average Bonchev–Trinajstić information content (AvgIpc) is 3.42. The van der Waals surface area contributed by atoms with Crippen LogP contribution in [0.5, 0.6) is 11.5 Å². The molecule has 2 rings (SSSR count). The minimum absolute atomic E-state index is 0.0374. The Kier molecular flexibility index (Phi) is 6.82. The first-order valence-corrected chi connectivity index (χ1v) is 8.70. The molecule has 2 amide bonds. The minimum atomic E-state index is -1.04. The van der Waals surface area contributed by atoms with Gasteiger partial charge in [0.1, 0.15) is 11.5 Å². The molecular weight excluding hydrogens is 340 g/mol. The Morgan fingerprint density at radius 3 is 2.00 bits per heavy atom. The molecule has 8 heteroatoms. The van der Waals surface area contributed by atoms with Gasteiger partial charge in [-0.2, -0.15) is 0 Å². The third kappa shape index (κ3) is 5.65. The molecule has 8 nitrogen and oxygen atoms in total. The number of hydrogen-bond acceptors (Lipinski definition) is 5. The van der Waals surface area contributed by atoms with Crippen LogP contribution in [0.2, 0.25) is 0 Å². The number of aliphatic carboxylic acids is 1. The molecule has 0 saturated heterocycles. The zero-order chi connectivity index (χ0) is 19.1. The van der Waals surface area contributed by atoms with Crippen molar-refractivity contribution in [2.24, 2.45) is 5.92 Å². The van der Waals surface area contributed by atoms with Crippen molar-refractivity contribution in [1.29, 1.82) is 0 Å². The van der Waals surface area contributed by atoms with Crippen molar-refractivity contribution in [3.63, 3.8) is 0 Å². The van der Waals surface area contributed by atoms with Gasteiger partial charge < -0.3 is 25.2 Å². The molecule has 3 N–H and O–H groups in total. The van der Waals surface area contributed by atoms with Gasteiger partial charge in [0, 0.05) is 24.5 Å². The summed E-state index contributed by atoms with van der Waals surface area (Å²) in [6.07, 6.45) is 1.35. The number of anilines is 2. The Morgan fingerprint density at radius 1 is 1.00 bits per heavy atom. The van der Waals surface area contributed by atoms with E-state index in [0.717, 1.165) is 12.8 Å². The lowest BCUT2D eigenvalue weighted by Gasteiger charge is -2.17. The fourth-order valence-electron chi connectivity index (χ4n) is 2.32. The third-order valence-corrected chi connectivity index (χ3v) is 3.73. The minimum Gasteiger partial charge on any atom is -0.492 e. The van der Waals surface area contributed by atoms with Gasteiger partial charge in [0.25, 0.3) is 0 Å². The Balaban J connectivity index is 2.24. The van der Waals surface area contributed by atoms with E-state index in [1.807, 2.05) is 6.92 Å². The Labute approximate surface area is 151 Å². The predicted octanol–water partition coefficient (Wildman–Crippen LogP) is 2.64. The summed E-state index contributed by atoms with van der Waals surface area (Å²) in [5.41, 5.74) is 0.853. The van der Waals surface area contributed by atoms with Crippen LogP contribution in [-0.2, 0) is 14.4 Å². The number of amides is 2. The molecular formula is C18H24N2O6. The highest BCUT2D eigenvalue weighted by atomic mass is 16.5. The second-order valence-electron chi connectivity index (χ2n) is 5.92. The Bertz CT molecular complexity index is 685. The number of benzene rings is 1. The van der Waals surface area contributed by atoms with Gasteiger partial charge in [0.05, 0.1) is 31.0 Å². The highest BCUT2D eigenvalue weighted by Gasteiger charge is 2.30. The van der Waals surface area contributed by atoms with Crippen molar-refractivity contribution in [2.45, 2.75) is 39.5 Å². The maximum Gasteiger partial charge on any atom is 0.303 e. The van der Waals surface area contributed by atoms with Gasteiger partial charge in [-0.1, -0.05) is 0 Å². The second kappa shape index (κ2) is 9.07. The van der Waals surface area contributed by atoms with Crippen LogP contribution in [-0.4, -0.2) is 36.1 Å². The van der Waals surface area contributed by atoms with Gasteiger partial charge in [-0.15, -0.1) is 0 Å². The number of carboxylic acid groups (broad SMARTS) is 1. The van der Waals surface area contributed by atoms with Crippen LogP contribution in [0.1, 0.15) is 39.5 Å². The molecule has 0 unspecified atom stereocenters. The standard InChI is InChI=1S/C18H24N2O6/c1-3-25-14-10-13(20-18(24)11-5-6-11)15(26-4-2)9-12(14)19-16(21)7-8-17(22)23/h9-11H,3-8H2,1-2H3,(H,19,21)(H,20,24)(H,22,23). The van der Waals surface area contributed by atoms with Crippen molar-refractivity contribution in [2.75, 3.05) is 23.8 Å². The lowest BCUT2D eigenvalue weighted by Crippen LogP contribution is -2.16. The summed E-state index contributed by atoms with van der Waals surface area (Å²) in [5, 5.41) is 14.2. The molecule has 0 aromatic heterocycles. The maximum absolute atomic E-state index is 12.1. The maximum atomic E-state index is 12.1. The summed E-state index contributed by atoms with van der Waals surface area (Å²) in [4.78, 5) is 34.6. The van der Waals surface area contributed by atoms with E-state index < -0.39 is 11.9 Å². The monoisotopic (exact) mass is 364 g/mol. The van der Waals surface area contributed by atoms with E-state index in [9.17, 15) is 14.4 Å². The van der Waals surface area contributed by atoms with E-state index in [0.29, 0.717) is 36.1 Å². The normalized spacial score (nSPS) is 13.0. The van der Waals surface area contributed by atoms with Crippen molar-refractivity contribution in [3.05, 3.63) is 12.1 Å². The van der Waals surface area contributed by atoms with Crippen LogP contribution in [0.25, 0.3) is 0 Å². The van der Waals surface area contributed by atoms with E-state index >= 15 is 0 Å². The molecule has 0 aliphatic heterocycles. The summed E-state index contributed by atoms with van der Waals surface area (Å²) >= 11 is 0. The van der Waals surface area contributed by atoms with E-state index in [2.05, 4.69) is 10.6 Å². The first kappa shape index (κ1) is 19.6. The van der Waals surface area contributed by atoms with Crippen LogP contribution >= 0.6 is 0 Å². The smallest absolute Gasteiger partial charge is 0.303 e. The van der Waals surface area contributed by atoms with E-state index in [1.54, 1.807) is 19.1 Å². The molecule has 142 valence electrons. The zero-order valence-corrected chi connectivity index (χ0v) is 15.0.